The molecule has 9 heteroatoms. The number of hydrogen-bond donors (Lipinski definition) is 3. The van der Waals surface area contributed by atoms with Crippen LogP contribution in [0.1, 0.15) is 77.0 Å². The van der Waals surface area contributed by atoms with Gasteiger partial charge in [-0.2, -0.15) is 13.2 Å². The lowest BCUT2D eigenvalue weighted by atomic mass is 9.98. The summed E-state index contributed by atoms with van der Waals surface area (Å²) < 4.78 is 47.0. The molecule has 1 amide bonds. The fourth-order valence-electron chi connectivity index (χ4n) is 3.95. The van der Waals surface area contributed by atoms with E-state index in [9.17, 15) is 27.9 Å². The number of aliphatic carboxylic acids is 1. The third-order valence-corrected chi connectivity index (χ3v) is 5.93. The van der Waals surface area contributed by atoms with Crippen LogP contribution in [0.15, 0.2) is 48.5 Å². The molecule has 0 aliphatic heterocycles. The predicted molar refractivity (Wildman–Crippen MR) is 142 cm³/mol. The first-order valence-electron chi connectivity index (χ1n) is 13.0. The number of nitrogens with one attached hydrogen (secondary N) is 2. The zero-order valence-electron chi connectivity index (χ0n) is 22.5. The van der Waals surface area contributed by atoms with E-state index in [2.05, 4.69) is 17.6 Å². The Morgan fingerprint density at radius 2 is 1.50 bits per heavy atom. The summed E-state index contributed by atoms with van der Waals surface area (Å²) in [5.41, 5.74) is 2.19. The molecule has 2 aromatic rings. The number of benzene rings is 2. The molecule has 38 heavy (non-hydrogen) atoms. The Hall–Kier alpha value is -3.07. The van der Waals surface area contributed by atoms with Gasteiger partial charge in [0.25, 0.3) is 0 Å². The van der Waals surface area contributed by atoms with Crippen molar-refractivity contribution < 1.29 is 32.6 Å². The minimum Gasteiger partial charge on any atom is -0.480 e. The van der Waals surface area contributed by atoms with Crippen LogP contribution in [0, 0.1) is 0 Å². The molecule has 2 aromatic carbocycles. The van der Waals surface area contributed by atoms with E-state index in [0.717, 1.165) is 30.4 Å². The van der Waals surface area contributed by atoms with Crippen molar-refractivity contribution in [1.82, 2.24) is 10.6 Å². The van der Waals surface area contributed by atoms with E-state index >= 15 is 0 Å². The Morgan fingerprint density at radius 3 is 2.00 bits per heavy atom. The van der Waals surface area contributed by atoms with Crippen LogP contribution in [0.5, 0.6) is 0 Å². The maximum Gasteiger partial charge on any atom is 0.407 e. The maximum atomic E-state index is 13.9. The lowest BCUT2D eigenvalue weighted by molar-refractivity contribution is -0.163. The van der Waals surface area contributed by atoms with Gasteiger partial charge in [0, 0.05) is 6.54 Å². The number of unbranched alkanes of at least 4 members (excludes halogenated alkanes) is 2. The second-order valence-corrected chi connectivity index (χ2v) is 10.4. The van der Waals surface area contributed by atoms with Gasteiger partial charge in [-0.25, -0.2) is 4.79 Å². The number of halogens is 3. The highest BCUT2D eigenvalue weighted by Gasteiger charge is 2.42. The summed E-state index contributed by atoms with van der Waals surface area (Å²) in [7, 11) is 0. The van der Waals surface area contributed by atoms with Crippen molar-refractivity contribution in [3.05, 3.63) is 59.7 Å². The highest BCUT2D eigenvalue weighted by Crippen LogP contribution is 2.34. The van der Waals surface area contributed by atoms with E-state index in [1.165, 1.54) is 17.7 Å². The molecule has 0 radical (unpaired) electrons. The maximum absolute atomic E-state index is 13.9. The number of carboxylic acids is 1. The molecule has 0 aliphatic carbocycles. The average Bonchev–Trinajstić information content (AvgIpc) is 2.83. The molecular formula is C29H39F3N2O4. The molecule has 3 N–H and O–H groups in total. The second kappa shape index (κ2) is 14.2. The van der Waals surface area contributed by atoms with E-state index in [1.54, 1.807) is 32.9 Å². The normalized spacial score (nSPS) is 13.6. The van der Waals surface area contributed by atoms with E-state index in [1.807, 2.05) is 24.3 Å². The summed E-state index contributed by atoms with van der Waals surface area (Å²) in [6, 6.07) is 10.4. The van der Waals surface area contributed by atoms with Gasteiger partial charge in [0.15, 0.2) is 0 Å². The molecule has 0 saturated carbocycles. The van der Waals surface area contributed by atoms with Crippen LogP contribution in [-0.4, -0.2) is 41.5 Å². The first-order valence-corrected chi connectivity index (χ1v) is 13.0. The Morgan fingerprint density at radius 1 is 0.921 bits per heavy atom. The van der Waals surface area contributed by atoms with Crippen molar-refractivity contribution in [3.8, 4) is 11.1 Å². The van der Waals surface area contributed by atoms with Crippen molar-refractivity contribution >= 4 is 12.1 Å². The molecule has 0 spiro atoms. The molecule has 210 valence electrons. The summed E-state index contributed by atoms with van der Waals surface area (Å²) >= 11 is 0. The fourth-order valence-corrected chi connectivity index (χ4v) is 3.95. The number of ether oxygens (including phenoxy) is 1. The third kappa shape index (κ3) is 10.7. The highest BCUT2D eigenvalue weighted by molar-refractivity contribution is 5.73. The minimum atomic E-state index is -4.69. The Labute approximate surface area is 223 Å². The van der Waals surface area contributed by atoms with Gasteiger partial charge >= 0.3 is 18.2 Å². The van der Waals surface area contributed by atoms with Gasteiger partial charge in [-0.05, 0) is 75.1 Å². The first-order chi connectivity index (χ1) is 17.8. The Kier molecular flexibility index (Phi) is 11.6. The fraction of sp³-hybridized carbons (Fsp3) is 0.517. The number of hydrogen-bond acceptors (Lipinski definition) is 4. The van der Waals surface area contributed by atoms with Crippen LogP contribution in [0.25, 0.3) is 11.1 Å². The van der Waals surface area contributed by atoms with Crippen molar-refractivity contribution in [1.29, 1.82) is 0 Å². The molecule has 2 atom stereocenters. The zero-order valence-corrected chi connectivity index (χ0v) is 22.5. The number of alkyl halides is 3. The number of carboxylic acid groups (broad SMARTS) is 1. The van der Waals surface area contributed by atoms with Gasteiger partial charge in [0.1, 0.15) is 17.7 Å². The molecule has 0 bridgehead atoms. The number of alkyl carbamates (subject to hydrolysis) is 1. The van der Waals surface area contributed by atoms with Gasteiger partial charge in [0.05, 0.1) is 0 Å². The molecule has 0 fully saturated rings. The average molecular weight is 537 g/mol. The number of aryl methyl sites for hydroxylation is 1. The largest absolute Gasteiger partial charge is 0.480 e. The highest BCUT2D eigenvalue weighted by atomic mass is 19.4. The lowest BCUT2D eigenvalue weighted by Gasteiger charge is -2.26. The summed E-state index contributed by atoms with van der Waals surface area (Å²) in [4.78, 5) is 23.4. The van der Waals surface area contributed by atoms with Crippen molar-refractivity contribution in [3.63, 3.8) is 0 Å². The van der Waals surface area contributed by atoms with Gasteiger partial charge in [-0.1, -0.05) is 61.9 Å². The van der Waals surface area contributed by atoms with Crippen LogP contribution in [0.4, 0.5) is 18.0 Å². The van der Waals surface area contributed by atoms with Crippen LogP contribution < -0.4 is 10.6 Å². The molecular weight excluding hydrogens is 497 g/mol. The van der Waals surface area contributed by atoms with Crippen molar-refractivity contribution in [2.45, 2.75) is 90.1 Å². The summed E-state index contributed by atoms with van der Waals surface area (Å²) in [6.45, 7) is 7.54. The second-order valence-electron chi connectivity index (χ2n) is 10.4. The van der Waals surface area contributed by atoms with Crippen molar-refractivity contribution in [2.24, 2.45) is 0 Å². The van der Waals surface area contributed by atoms with E-state index < -0.39 is 35.9 Å². The van der Waals surface area contributed by atoms with Gasteiger partial charge in [0.2, 0.25) is 0 Å². The molecule has 6 nitrogen and oxygen atoms in total. The van der Waals surface area contributed by atoms with Crippen LogP contribution in [-0.2, 0) is 16.0 Å². The Bertz CT molecular complexity index is 1020. The number of carbonyl (C=O) groups excluding carboxylic acids is 1. The van der Waals surface area contributed by atoms with Gasteiger partial charge in [-0.3, -0.25) is 10.1 Å². The molecule has 2 rings (SSSR count). The topological polar surface area (TPSA) is 87.7 Å². The molecule has 1 unspecified atom stereocenters. The minimum absolute atomic E-state index is 0.0274. The van der Waals surface area contributed by atoms with Crippen LogP contribution >= 0.6 is 0 Å². The van der Waals surface area contributed by atoms with Crippen LogP contribution in [0.2, 0.25) is 0 Å². The standard InChI is InChI=1S/C29H39F3N2O4/c1-5-6-9-20-11-13-21(14-12-20)22-15-17-23(18-16-22)25(29(30,31)32)34-24(26(35)36)10-7-8-19-33-27(37)38-28(2,3)4/h11-18,24-25,34H,5-10,19H2,1-4H3,(H,33,37)(H,35,36)/t24-,25?/m0/s1. The first kappa shape index (κ1) is 31.1. The van der Waals surface area contributed by atoms with E-state index in [-0.39, 0.29) is 18.5 Å². The van der Waals surface area contributed by atoms with Crippen LogP contribution in [0.3, 0.4) is 0 Å². The molecule has 0 aliphatic rings. The third-order valence-electron chi connectivity index (χ3n) is 5.93. The summed E-state index contributed by atoms with van der Waals surface area (Å²) in [5.74, 6) is -1.36. The Balaban J connectivity index is 2.01. The summed E-state index contributed by atoms with van der Waals surface area (Å²) in [5, 5.41) is 14.4. The van der Waals surface area contributed by atoms with Gasteiger partial charge < -0.3 is 15.2 Å². The van der Waals surface area contributed by atoms with E-state index in [4.69, 9.17) is 4.74 Å². The number of rotatable bonds is 13. The predicted octanol–water partition coefficient (Wildman–Crippen LogP) is 7.04. The van der Waals surface area contributed by atoms with Crippen molar-refractivity contribution in [2.75, 3.05) is 6.54 Å². The molecule has 0 saturated heterocycles. The smallest absolute Gasteiger partial charge is 0.407 e. The molecule has 0 aromatic heterocycles. The SMILES string of the molecule is CCCCc1ccc(-c2ccc(C(N[C@@H](CCCCNC(=O)OC(C)(C)C)C(=O)O)C(F)(F)F)cc2)cc1. The number of amides is 1. The van der Waals surface area contributed by atoms with E-state index in [0.29, 0.717) is 12.8 Å². The monoisotopic (exact) mass is 536 g/mol. The summed E-state index contributed by atoms with van der Waals surface area (Å²) in [6.07, 6.45) is -1.43. The zero-order chi connectivity index (χ0) is 28.3. The molecule has 0 heterocycles. The quantitative estimate of drug-likeness (QED) is 0.239. The van der Waals surface area contributed by atoms with Gasteiger partial charge in [-0.15, -0.1) is 0 Å². The lowest BCUT2D eigenvalue weighted by Crippen LogP contribution is -2.44. The number of carbonyl (C=O) groups is 2.